The molecule has 0 atom stereocenters. The minimum atomic E-state index is -1.34. The quantitative estimate of drug-likeness (QED) is 0.328. The number of likely N-dealkylation sites (tertiary alicyclic amines) is 1. The number of hydrogen-bond donors (Lipinski definition) is 0. The van der Waals surface area contributed by atoms with Crippen LogP contribution in [0.25, 0.3) is 22.0 Å². The van der Waals surface area contributed by atoms with Crippen LogP contribution in [0.4, 0.5) is 0 Å². The molecule has 1 amide bonds. The van der Waals surface area contributed by atoms with Crippen LogP contribution >= 0.6 is 0 Å². The number of rotatable bonds is 5. The SMILES string of the molecule is COc1cc(C(=O)N2CCC3(CC2)CC(=O)c2cc(-c4ccc(C(=O)[O-])nc4)ccc2O3)cc2c1ccn2C1CC1.[Na+]. The first-order valence-corrected chi connectivity index (χ1v) is 13.9. The molecule has 4 aromatic rings. The number of hydrogen-bond acceptors (Lipinski definition) is 7. The van der Waals surface area contributed by atoms with Gasteiger partial charge in [-0.2, -0.15) is 0 Å². The van der Waals surface area contributed by atoms with Crippen LogP contribution in [-0.2, 0) is 0 Å². The number of methoxy groups -OCH3 is 1. The van der Waals surface area contributed by atoms with E-state index in [4.69, 9.17) is 9.47 Å². The van der Waals surface area contributed by atoms with Crippen molar-refractivity contribution in [3.63, 3.8) is 0 Å². The Kier molecular flexibility index (Phi) is 7.37. The zero-order chi connectivity index (χ0) is 28.3. The number of benzene rings is 2. The van der Waals surface area contributed by atoms with Crippen molar-refractivity contribution in [2.75, 3.05) is 20.2 Å². The molecule has 42 heavy (non-hydrogen) atoms. The van der Waals surface area contributed by atoms with E-state index in [2.05, 4.69) is 15.7 Å². The second kappa shape index (κ2) is 10.9. The summed E-state index contributed by atoms with van der Waals surface area (Å²) < 4.78 is 14.3. The summed E-state index contributed by atoms with van der Waals surface area (Å²) in [7, 11) is 1.63. The summed E-state index contributed by atoms with van der Waals surface area (Å²) in [5.41, 5.74) is 2.76. The van der Waals surface area contributed by atoms with E-state index >= 15 is 0 Å². The van der Waals surface area contributed by atoms with Gasteiger partial charge in [0, 0.05) is 60.9 Å². The van der Waals surface area contributed by atoms with Gasteiger partial charge in [0.25, 0.3) is 5.91 Å². The number of carboxylic acid groups (broad SMARTS) is 1. The first-order valence-electron chi connectivity index (χ1n) is 13.9. The van der Waals surface area contributed by atoms with E-state index in [9.17, 15) is 19.5 Å². The molecule has 7 rings (SSSR count). The van der Waals surface area contributed by atoms with Crippen LogP contribution in [0, 0.1) is 0 Å². The van der Waals surface area contributed by atoms with Crippen molar-refractivity contribution in [2.24, 2.45) is 0 Å². The molecule has 2 aliphatic heterocycles. The van der Waals surface area contributed by atoms with Gasteiger partial charge < -0.3 is 28.8 Å². The molecule has 4 heterocycles. The molecule has 0 N–H and O–H groups in total. The van der Waals surface area contributed by atoms with E-state index in [-0.39, 0.29) is 53.4 Å². The Labute approximate surface area is 264 Å². The fraction of sp³-hybridized carbons (Fsp3) is 0.312. The molecule has 10 heteroatoms. The first kappa shape index (κ1) is 28.5. The average molecular weight is 574 g/mol. The Morgan fingerprint density at radius 1 is 1.05 bits per heavy atom. The van der Waals surface area contributed by atoms with Gasteiger partial charge in [0.1, 0.15) is 17.1 Å². The number of amides is 1. The summed E-state index contributed by atoms with van der Waals surface area (Å²) in [6.07, 6.45) is 7.17. The third kappa shape index (κ3) is 4.99. The van der Waals surface area contributed by atoms with Gasteiger partial charge in [-0.05, 0) is 54.8 Å². The second-order valence-corrected chi connectivity index (χ2v) is 11.2. The molecule has 2 aromatic carbocycles. The number of ketones is 1. The summed E-state index contributed by atoms with van der Waals surface area (Å²) in [5, 5.41) is 12.0. The van der Waals surface area contributed by atoms with Gasteiger partial charge in [0.05, 0.1) is 36.3 Å². The maximum absolute atomic E-state index is 13.6. The van der Waals surface area contributed by atoms with Gasteiger partial charge in [-0.1, -0.05) is 12.1 Å². The zero-order valence-corrected chi connectivity index (χ0v) is 25.6. The molecule has 0 bridgehead atoms. The van der Waals surface area contributed by atoms with Gasteiger partial charge in [-0.3, -0.25) is 14.6 Å². The summed E-state index contributed by atoms with van der Waals surface area (Å²) >= 11 is 0. The molecule has 3 aliphatic rings. The van der Waals surface area contributed by atoms with Crippen LogP contribution in [0.5, 0.6) is 11.5 Å². The second-order valence-electron chi connectivity index (χ2n) is 11.2. The predicted molar refractivity (Wildman–Crippen MR) is 148 cm³/mol. The number of aromatic nitrogens is 2. The molecule has 0 unspecified atom stereocenters. The third-order valence-corrected chi connectivity index (χ3v) is 8.56. The number of fused-ring (bicyclic) bond motifs is 2. The number of carbonyl (C=O) groups excluding carboxylic acids is 3. The molecule has 1 saturated heterocycles. The number of carboxylic acids is 1. The molecule has 208 valence electrons. The summed E-state index contributed by atoms with van der Waals surface area (Å²) in [5.74, 6) is -0.174. The van der Waals surface area contributed by atoms with Gasteiger partial charge in [0.15, 0.2) is 5.78 Å². The molecule has 0 radical (unpaired) electrons. The van der Waals surface area contributed by atoms with Gasteiger partial charge in [0.2, 0.25) is 0 Å². The number of ether oxygens (including phenoxy) is 2. The number of carbonyl (C=O) groups is 3. The zero-order valence-electron chi connectivity index (χ0n) is 23.6. The number of pyridine rings is 1. The Bertz CT molecular complexity index is 1720. The maximum atomic E-state index is 13.6. The van der Waals surface area contributed by atoms with Crippen LogP contribution in [-0.4, -0.2) is 57.9 Å². The average Bonchev–Trinajstić information content (AvgIpc) is 3.74. The minimum Gasteiger partial charge on any atom is -0.543 e. The van der Waals surface area contributed by atoms with Crippen LogP contribution in [0.15, 0.2) is 60.9 Å². The largest absolute Gasteiger partial charge is 1.00 e. The molecule has 2 aromatic heterocycles. The Hall–Kier alpha value is -3.66. The van der Waals surface area contributed by atoms with Crippen molar-refractivity contribution in [2.45, 2.75) is 43.7 Å². The fourth-order valence-electron chi connectivity index (χ4n) is 6.13. The number of piperidine rings is 1. The standard InChI is InChI=1S/C32H29N3O6.Na/c1-40-29-16-21(15-26-23(29)8-11-35(26)22-4-5-22)30(37)34-12-9-32(10-13-34)17-27(36)24-14-19(3-7-28(24)41-32)20-2-6-25(31(38)39)33-18-20;/h2-3,6-8,11,14-16,18,22H,4-5,9-10,12-13,17H2,1H3,(H,38,39);/q;+1/p-1. The van der Waals surface area contributed by atoms with Gasteiger partial charge in [-0.15, -0.1) is 0 Å². The summed E-state index contributed by atoms with van der Waals surface area (Å²) in [4.78, 5) is 43.7. The van der Waals surface area contributed by atoms with Crippen molar-refractivity contribution in [1.82, 2.24) is 14.5 Å². The minimum absolute atomic E-state index is 0. The van der Waals surface area contributed by atoms with E-state index in [0.29, 0.717) is 60.2 Å². The van der Waals surface area contributed by atoms with Crippen LogP contribution in [0.1, 0.15) is 69.4 Å². The molecular weight excluding hydrogens is 545 g/mol. The third-order valence-electron chi connectivity index (χ3n) is 8.56. The summed E-state index contributed by atoms with van der Waals surface area (Å²) in [6, 6.07) is 14.7. The van der Waals surface area contributed by atoms with Crippen molar-refractivity contribution in [3.05, 3.63) is 77.7 Å². The van der Waals surface area contributed by atoms with E-state index < -0.39 is 11.6 Å². The predicted octanol–water partition coefficient (Wildman–Crippen LogP) is 1.05. The molecule has 1 aliphatic carbocycles. The molecule has 1 saturated carbocycles. The monoisotopic (exact) mass is 573 g/mol. The van der Waals surface area contributed by atoms with Crippen molar-refractivity contribution in [1.29, 1.82) is 0 Å². The van der Waals surface area contributed by atoms with Crippen LogP contribution < -0.4 is 44.1 Å². The van der Waals surface area contributed by atoms with Crippen LogP contribution in [0.3, 0.4) is 0 Å². The van der Waals surface area contributed by atoms with Crippen molar-refractivity contribution < 1.29 is 58.5 Å². The Morgan fingerprint density at radius 3 is 2.48 bits per heavy atom. The smallest absolute Gasteiger partial charge is 0.543 e. The van der Waals surface area contributed by atoms with Crippen molar-refractivity contribution in [3.8, 4) is 22.6 Å². The van der Waals surface area contributed by atoms with E-state index in [1.165, 1.54) is 12.3 Å². The van der Waals surface area contributed by atoms with Gasteiger partial charge in [-0.25, -0.2) is 0 Å². The topological polar surface area (TPSA) is 114 Å². The molecule has 9 nitrogen and oxygen atoms in total. The molecule has 2 fully saturated rings. The maximum Gasteiger partial charge on any atom is 1.00 e. The Balaban J connectivity index is 0.00000316. The van der Waals surface area contributed by atoms with Crippen molar-refractivity contribution >= 4 is 28.6 Å². The first-order chi connectivity index (χ1) is 19.8. The Morgan fingerprint density at radius 2 is 1.81 bits per heavy atom. The number of Topliss-reactive ketones (excluding diaryl/α,β-unsaturated/α-hetero) is 1. The molecular formula is C32H28N3NaO6. The van der Waals surface area contributed by atoms with E-state index in [1.807, 2.05) is 29.2 Å². The summed E-state index contributed by atoms with van der Waals surface area (Å²) in [6.45, 7) is 0.972. The van der Waals surface area contributed by atoms with E-state index in [0.717, 1.165) is 29.3 Å². The van der Waals surface area contributed by atoms with E-state index in [1.54, 1.807) is 25.3 Å². The number of nitrogens with zero attached hydrogens (tertiary/aromatic N) is 3. The molecule has 1 spiro atoms. The number of aromatic carboxylic acids is 1. The fourth-order valence-corrected chi connectivity index (χ4v) is 6.13. The van der Waals surface area contributed by atoms with Crippen LogP contribution in [0.2, 0.25) is 0 Å². The normalized spacial score (nSPS) is 17.4. The van der Waals surface area contributed by atoms with Gasteiger partial charge >= 0.3 is 29.6 Å².